The van der Waals surface area contributed by atoms with Crippen LogP contribution in [0.15, 0.2) is 53.4 Å². The number of hydrogen-bond acceptors (Lipinski definition) is 5. The molecule has 3 rings (SSSR count). The summed E-state index contributed by atoms with van der Waals surface area (Å²) in [7, 11) is -0.771. The molecule has 1 saturated heterocycles. The maximum atomic E-state index is 13.1. The number of methoxy groups -OCH3 is 2. The van der Waals surface area contributed by atoms with Crippen LogP contribution in [0.2, 0.25) is 0 Å². The van der Waals surface area contributed by atoms with Crippen molar-refractivity contribution in [3.63, 3.8) is 0 Å². The second-order valence-electron chi connectivity index (χ2n) is 7.25. The summed E-state index contributed by atoms with van der Waals surface area (Å²) in [4.78, 5) is 12.7. The number of nitrogens with one attached hydrogen (secondary N) is 1. The number of hydrogen-bond donors (Lipinski definition) is 1. The molecule has 1 heterocycles. The Bertz CT molecular complexity index is 963. The molecule has 0 spiro atoms. The van der Waals surface area contributed by atoms with Crippen LogP contribution in [-0.2, 0) is 21.2 Å². The highest BCUT2D eigenvalue weighted by Crippen LogP contribution is 2.32. The fourth-order valence-electron chi connectivity index (χ4n) is 3.62. The van der Waals surface area contributed by atoms with Gasteiger partial charge in [0.15, 0.2) is 11.5 Å². The minimum Gasteiger partial charge on any atom is -0.493 e. The Morgan fingerprint density at radius 2 is 1.83 bits per heavy atom. The van der Waals surface area contributed by atoms with Gasteiger partial charge in [0.25, 0.3) is 0 Å². The highest BCUT2D eigenvalue weighted by Gasteiger charge is 2.33. The predicted molar refractivity (Wildman–Crippen MR) is 114 cm³/mol. The number of rotatable bonds is 8. The van der Waals surface area contributed by atoms with E-state index in [1.807, 2.05) is 30.3 Å². The summed E-state index contributed by atoms with van der Waals surface area (Å²) in [5.74, 6) is 0.360. The molecule has 8 heteroatoms. The molecule has 2 aromatic rings. The molecule has 7 nitrogen and oxygen atoms in total. The molecule has 30 heavy (non-hydrogen) atoms. The van der Waals surface area contributed by atoms with Crippen molar-refractivity contribution in [2.75, 3.05) is 33.9 Å². The van der Waals surface area contributed by atoms with Crippen LogP contribution in [0, 0.1) is 5.92 Å². The van der Waals surface area contributed by atoms with Crippen molar-refractivity contribution in [3.05, 3.63) is 54.1 Å². The van der Waals surface area contributed by atoms with Crippen molar-refractivity contribution in [2.24, 2.45) is 5.92 Å². The first-order valence-corrected chi connectivity index (χ1v) is 11.4. The van der Waals surface area contributed by atoms with Gasteiger partial charge in [-0.25, -0.2) is 8.42 Å². The van der Waals surface area contributed by atoms with Gasteiger partial charge < -0.3 is 14.8 Å². The normalized spacial score (nSPS) is 17.3. The summed E-state index contributed by atoms with van der Waals surface area (Å²) in [5.41, 5.74) is 1.15. The number of carbonyl (C=O) groups is 1. The molecule has 1 N–H and O–H groups in total. The van der Waals surface area contributed by atoms with Gasteiger partial charge in [0.2, 0.25) is 15.9 Å². The van der Waals surface area contributed by atoms with Crippen molar-refractivity contribution >= 4 is 15.9 Å². The van der Waals surface area contributed by atoms with Crippen LogP contribution in [0.1, 0.15) is 18.4 Å². The first-order valence-electron chi connectivity index (χ1n) is 9.99. The molecule has 0 aliphatic carbocycles. The van der Waals surface area contributed by atoms with Crippen LogP contribution in [0.25, 0.3) is 0 Å². The molecular formula is C22H28N2O5S. The molecule has 0 aromatic heterocycles. The van der Waals surface area contributed by atoms with E-state index in [1.165, 1.54) is 30.7 Å². The molecular weight excluding hydrogens is 404 g/mol. The summed E-state index contributed by atoms with van der Waals surface area (Å²) in [5, 5.41) is 2.95. The minimum absolute atomic E-state index is 0.0989. The average molecular weight is 433 g/mol. The number of carbonyl (C=O) groups excluding carboxylic acids is 1. The summed E-state index contributed by atoms with van der Waals surface area (Å²) in [6.07, 6.45) is 2.06. The van der Waals surface area contributed by atoms with E-state index in [0.717, 1.165) is 12.0 Å². The molecule has 0 radical (unpaired) electrons. The van der Waals surface area contributed by atoms with E-state index in [9.17, 15) is 13.2 Å². The van der Waals surface area contributed by atoms with Crippen LogP contribution in [-0.4, -0.2) is 52.5 Å². The third-order valence-electron chi connectivity index (χ3n) is 5.30. The number of benzene rings is 2. The fourth-order valence-corrected chi connectivity index (χ4v) is 5.16. The van der Waals surface area contributed by atoms with E-state index < -0.39 is 10.0 Å². The van der Waals surface area contributed by atoms with Gasteiger partial charge in [-0.3, -0.25) is 4.79 Å². The molecule has 1 atom stereocenters. The summed E-state index contributed by atoms with van der Waals surface area (Å²) in [6, 6.07) is 14.5. The minimum atomic E-state index is -3.73. The molecule has 162 valence electrons. The lowest BCUT2D eigenvalue weighted by Gasteiger charge is -2.31. The number of piperidine rings is 1. The topological polar surface area (TPSA) is 84.9 Å². The summed E-state index contributed by atoms with van der Waals surface area (Å²) >= 11 is 0. The highest BCUT2D eigenvalue weighted by atomic mass is 32.2. The maximum absolute atomic E-state index is 13.1. The molecule has 1 aliphatic rings. The molecule has 0 unspecified atom stereocenters. The van der Waals surface area contributed by atoms with E-state index in [1.54, 1.807) is 6.07 Å². The van der Waals surface area contributed by atoms with Crippen molar-refractivity contribution in [1.82, 2.24) is 9.62 Å². The van der Waals surface area contributed by atoms with E-state index in [4.69, 9.17) is 9.47 Å². The SMILES string of the molecule is COc1ccc(S(=O)(=O)N2CCC[C@@H](C(=O)NCCc3ccccc3)C2)cc1OC. The monoisotopic (exact) mass is 432 g/mol. The zero-order valence-corrected chi connectivity index (χ0v) is 18.2. The van der Waals surface area contributed by atoms with E-state index in [-0.39, 0.29) is 23.3 Å². The van der Waals surface area contributed by atoms with Gasteiger partial charge in [0.1, 0.15) is 0 Å². The fraction of sp³-hybridized carbons (Fsp3) is 0.409. The Morgan fingerprint density at radius 3 is 2.53 bits per heavy atom. The number of nitrogens with zero attached hydrogens (tertiary/aromatic N) is 1. The molecule has 0 saturated carbocycles. The zero-order valence-electron chi connectivity index (χ0n) is 17.3. The molecule has 1 amide bonds. The Balaban J connectivity index is 1.63. The quantitative estimate of drug-likeness (QED) is 0.693. The lowest BCUT2D eigenvalue weighted by Crippen LogP contribution is -2.45. The smallest absolute Gasteiger partial charge is 0.243 e. The van der Waals surface area contributed by atoms with Gasteiger partial charge in [0.05, 0.1) is 25.0 Å². The second-order valence-corrected chi connectivity index (χ2v) is 9.18. The van der Waals surface area contributed by atoms with Gasteiger partial charge in [-0.15, -0.1) is 0 Å². The average Bonchev–Trinajstić information content (AvgIpc) is 2.79. The van der Waals surface area contributed by atoms with E-state index >= 15 is 0 Å². The summed E-state index contributed by atoms with van der Waals surface area (Å²) in [6.45, 7) is 1.10. The molecule has 0 bridgehead atoms. The number of ether oxygens (including phenoxy) is 2. The first-order chi connectivity index (χ1) is 14.5. The zero-order chi connectivity index (χ0) is 21.6. The van der Waals surface area contributed by atoms with Gasteiger partial charge >= 0.3 is 0 Å². The van der Waals surface area contributed by atoms with E-state index in [0.29, 0.717) is 37.4 Å². The Kier molecular flexibility index (Phi) is 7.33. The van der Waals surface area contributed by atoms with Crippen molar-refractivity contribution in [3.8, 4) is 11.5 Å². The van der Waals surface area contributed by atoms with Crippen LogP contribution >= 0.6 is 0 Å². The Hall–Kier alpha value is -2.58. The first kappa shape index (κ1) is 22.1. The summed E-state index contributed by atoms with van der Waals surface area (Å²) < 4.78 is 38.0. The molecule has 2 aromatic carbocycles. The Labute approximate surface area is 178 Å². The van der Waals surface area contributed by atoms with Gasteiger partial charge in [0, 0.05) is 25.7 Å². The molecule has 1 aliphatic heterocycles. The predicted octanol–water partition coefficient (Wildman–Crippen LogP) is 2.46. The number of amides is 1. The van der Waals surface area contributed by atoms with Gasteiger partial charge in [-0.1, -0.05) is 30.3 Å². The maximum Gasteiger partial charge on any atom is 0.243 e. The van der Waals surface area contributed by atoms with Gasteiger partial charge in [-0.05, 0) is 37.0 Å². The van der Waals surface area contributed by atoms with Crippen LogP contribution in [0.4, 0.5) is 0 Å². The van der Waals surface area contributed by atoms with Crippen LogP contribution in [0.3, 0.4) is 0 Å². The largest absolute Gasteiger partial charge is 0.493 e. The van der Waals surface area contributed by atoms with Crippen molar-refractivity contribution in [2.45, 2.75) is 24.2 Å². The van der Waals surface area contributed by atoms with Crippen LogP contribution < -0.4 is 14.8 Å². The van der Waals surface area contributed by atoms with Gasteiger partial charge in [-0.2, -0.15) is 4.31 Å². The van der Waals surface area contributed by atoms with Crippen LogP contribution in [0.5, 0.6) is 11.5 Å². The molecule has 1 fully saturated rings. The highest BCUT2D eigenvalue weighted by molar-refractivity contribution is 7.89. The lowest BCUT2D eigenvalue weighted by atomic mass is 9.99. The van der Waals surface area contributed by atoms with Crippen molar-refractivity contribution < 1.29 is 22.7 Å². The Morgan fingerprint density at radius 1 is 1.10 bits per heavy atom. The standard InChI is InChI=1S/C22H28N2O5S/c1-28-20-11-10-19(15-21(20)29-2)30(26,27)24-14-6-9-18(16-24)22(25)23-13-12-17-7-4-3-5-8-17/h3-5,7-8,10-11,15,18H,6,9,12-14,16H2,1-2H3,(H,23,25)/t18-/m1/s1. The number of sulfonamides is 1. The lowest BCUT2D eigenvalue weighted by molar-refractivity contribution is -0.126. The second kappa shape index (κ2) is 9.95. The van der Waals surface area contributed by atoms with Crippen molar-refractivity contribution in [1.29, 1.82) is 0 Å². The van der Waals surface area contributed by atoms with E-state index in [2.05, 4.69) is 5.32 Å². The third-order valence-corrected chi connectivity index (χ3v) is 7.16. The third kappa shape index (κ3) is 5.12.